The first-order valence-corrected chi connectivity index (χ1v) is 11.2. The lowest BCUT2D eigenvalue weighted by Crippen LogP contribution is -2.31. The number of carbonyl (C=O) groups excluding carboxylic acids is 1. The summed E-state index contributed by atoms with van der Waals surface area (Å²) in [5.41, 5.74) is 3.50. The van der Waals surface area contributed by atoms with Crippen LogP contribution in [0.15, 0.2) is 29.7 Å². The summed E-state index contributed by atoms with van der Waals surface area (Å²) in [7, 11) is 0. The molecule has 7 heteroatoms. The van der Waals surface area contributed by atoms with E-state index in [4.69, 9.17) is 0 Å². The van der Waals surface area contributed by atoms with E-state index in [1.54, 1.807) is 6.33 Å². The summed E-state index contributed by atoms with van der Waals surface area (Å²) < 4.78 is 1.93. The van der Waals surface area contributed by atoms with Crippen LogP contribution in [0.4, 0.5) is 0 Å². The van der Waals surface area contributed by atoms with Crippen molar-refractivity contribution in [1.82, 2.24) is 25.0 Å². The fraction of sp³-hybridized carbons (Fsp3) is 0.571. The summed E-state index contributed by atoms with van der Waals surface area (Å²) in [6.07, 6.45) is 8.05. The molecule has 1 aliphatic rings. The highest BCUT2D eigenvalue weighted by Crippen LogP contribution is 2.21. The molecule has 1 aromatic heterocycles. The van der Waals surface area contributed by atoms with Gasteiger partial charge in [0.15, 0.2) is 5.16 Å². The van der Waals surface area contributed by atoms with Crippen LogP contribution < -0.4 is 5.32 Å². The van der Waals surface area contributed by atoms with Gasteiger partial charge in [0, 0.05) is 12.2 Å². The third-order valence-electron chi connectivity index (χ3n) is 5.29. The Balaban J connectivity index is 1.41. The maximum absolute atomic E-state index is 12.2. The molecule has 6 nitrogen and oxygen atoms in total. The maximum Gasteiger partial charge on any atom is 0.230 e. The second-order valence-electron chi connectivity index (χ2n) is 7.50. The third-order valence-corrected chi connectivity index (χ3v) is 6.23. The number of rotatable bonds is 8. The van der Waals surface area contributed by atoms with E-state index in [0.29, 0.717) is 5.75 Å². The van der Waals surface area contributed by atoms with Gasteiger partial charge in [-0.05, 0) is 76.0 Å². The normalized spacial score (nSPS) is 15.4. The molecule has 0 bridgehead atoms. The standard InChI is InChI=1S/C21H31N5OS/c1-17-8-9-19(14-18(17)2)26-16-23-24-21(26)28-15-20(27)22-10-7-13-25-11-5-3-4-6-12-25/h8-9,14,16H,3-7,10-13,15H2,1-2H3,(H,22,27). The largest absolute Gasteiger partial charge is 0.355 e. The first-order valence-electron chi connectivity index (χ1n) is 10.2. The molecule has 0 unspecified atom stereocenters. The predicted molar refractivity (Wildman–Crippen MR) is 114 cm³/mol. The van der Waals surface area contributed by atoms with Crippen LogP contribution in [0.25, 0.3) is 5.69 Å². The molecule has 1 saturated heterocycles. The van der Waals surface area contributed by atoms with E-state index in [1.165, 1.54) is 61.7 Å². The number of amides is 1. The first kappa shape index (κ1) is 20.9. The van der Waals surface area contributed by atoms with Gasteiger partial charge in [0.2, 0.25) is 5.91 Å². The third kappa shape index (κ3) is 6.07. The zero-order valence-electron chi connectivity index (χ0n) is 17.0. The van der Waals surface area contributed by atoms with Crippen LogP contribution in [0.2, 0.25) is 0 Å². The molecule has 152 valence electrons. The molecule has 1 amide bonds. The van der Waals surface area contributed by atoms with E-state index >= 15 is 0 Å². The van der Waals surface area contributed by atoms with Crippen LogP contribution in [0.3, 0.4) is 0 Å². The van der Waals surface area contributed by atoms with Crippen molar-refractivity contribution in [2.75, 3.05) is 31.9 Å². The minimum atomic E-state index is 0.0514. The quantitative estimate of drug-likeness (QED) is 0.543. The van der Waals surface area contributed by atoms with Gasteiger partial charge < -0.3 is 10.2 Å². The van der Waals surface area contributed by atoms with Crippen LogP contribution in [-0.4, -0.2) is 57.5 Å². The highest BCUT2D eigenvalue weighted by atomic mass is 32.2. The Labute approximate surface area is 172 Å². The fourth-order valence-corrected chi connectivity index (χ4v) is 4.21. The Morgan fingerprint density at radius 2 is 1.93 bits per heavy atom. The molecule has 0 atom stereocenters. The fourth-order valence-electron chi connectivity index (χ4n) is 3.45. The highest BCUT2D eigenvalue weighted by Gasteiger charge is 2.11. The summed E-state index contributed by atoms with van der Waals surface area (Å²) in [5, 5.41) is 12.0. The zero-order chi connectivity index (χ0) is 19.8. The Morgan fingerprint density at radius 3 is 2.68 bits per heavy atom. The summed E-state index contributed by atoms with van der Waals surface area (Å²) in [5.74, 6) is 0.406. The average molecular weight is 402 g/mol. The van der Waals surface area contributed by atoms with Crippen molar-refractivity contribution in [3.8, 4) is 5.69 Å². The number of hydrogen-bond acceptors (Lipinski definition) is 5. The van der Waals surface area contributed by atoms with Gasteiger partial charge >= 0.3 is 0 Å². The topological polar surface area (TPSA) is 63.1 Å². The number of thioether (sulfide) groups is 1. The first-order chi connectivity index (χ1) is 13.6. The van der Waals surface area contributed by atoms with Crippen molar-refractivity contribution in [3.63, 3.8) is 0 Å². The van der Waals surface area contributed by atoms with E-state index in [9.17, 15) is 4.79 Å². The van der Waals surface area contributed by atoms with Gasteiger partial charge in [0.05, 0.1) is 5.75 Å². The lowest BCUT2D eigenvalue weighted by Gasteiger charge is -2.19. The van der Waals surface area contributed by atoms with Crippen LogP contribution in [0.1, 0.15) is 43.2 Å². The lowest BCUT2D eigenvalue weighted by atomic mass is 10.1. The highest BCUT2D eigenvalue weighted by molar-refractivity contribution is 7.99. The van der Waals surface area contributed by atoms with E-state index in [-0.39, 0.29) is 5.91 Å². The monoisotopic (exact) mass is 401 g/mol. The second kappa shape index (κ2) is 10.6. The molecule has 28 heavy (non-hydrogen) atoms. The van der Waals surface area contributed by atoms with Gasteiger partial charge in [-0.2, -0.15) is 0 Å². The molecule has 3 rings (SSSR count). The van der Waals surface area contributed by atoms with Gasteiger partial charge in [-0.25, -0.2) is 0 Å². The van der Waals surface area contributed by atoms with Crippen LogP contribution >= 0.6 is 11.8 Å². The number of aromatic nitrogens is 3. The number of hydrogen-bond donors (Lipinski definition) is 1. The van der Waals surface area contributed by atoms with Gasteiger partial charge in [-0.15, -0.1) is 10.2 Å². The molecule has 2 heterocycles. The van der Waals surface area contributed by atoms with Crippen molar-refractivity contribution < 1.29 is 4.79 Å². The number of benzene rings is 1. The summed E-state index contributed by atoms with van der Waals surface area (Å²) >= 11 is 1.42. The van der Waals surface area contributed by atoms with Crippen molar-refractivity contribution >= 4 is 17.7 Å². The van der Waals surface area contributed by atoms with Gasteiger partial charge in [-0.1, -0.05) is 30.7 Å². The molecule has 1 N–H and O–H groups in total. The molecule has 0 aliphatic carbocycles. The van der Waals surface area contributed by atoms with Crippen molar-refractivity contribution in [1.29, 1.82) is 0 Å². The molecule has 1 fully saturated rings. The number of nitrogens with one attached hydrogen (secondary N) is 1. The van der Waals surface area contributed by atoms with Crippen LogP contribution in [-0.2, 0) is 4.79 Å². The molecule has 2 aromatic rings. The van der Waals surface area contributed by atoms with E-state index in [0.717, 1.165) is 30.4 Å². The van der Waals surface area contributed by atoms with E-state index in [1.807, 2.05) is 4.57 Å². The van der Waals surface area contributed by atoms with E-state index in [2.05, 4.69) is 52.5 Å². The lowest BCUT2D eigenvalue weighted by molar-refractivity contribution is -0.118. The Kier molecular flexibility index (Phi) is 7.91. The number of aryl methyl sites for hydroxylation is 2. The Morgan fingerprint density at radius 1 is 1.14 bits per heavy atom. The number of nitrogens with zero attached hydrogens (tertiary/aromatic N) is 4. The Bertz CT molecular complexity index is 768. The van der Waals surface area contributed by atoms with Crippen LogP contribution in [0.5, 0.6) is 0 Å². The maximum atomic E-state index is 12.2. The van der Waals surface area contributed by atoms with Gasteiger partial charge in [0.1, 0.15) is 6.33 Å². The Hall–Kier alpha value is -1.86. The molecular formula is C21H31N5OS. The summed E-state index contributed by atoms with van der Waals surface area (Å²) in [4.78, 5) is 14.7. The number of carbonyl (C=O) groups is 1. The van der Waals surface area contributed by atoms with Crippen molar-refractivity contribution in [2.24, 2.45) is 0 Å². The van der Waals surface area contributed by atoms with Gasteiger partial charge in [0.25, 0.3) is 0 Å². The predicted octanol–water partition coefficient (Wildman–Crippen LogP) is 3.36. The van der Waals surface area contributed by atoms with Gasteiger partial charge in [-0.3, -0.25) is 9.36 Å². The van der Waals surface area contributed by atoms with E-state index < -0.39 is 0 Å². The summed E-state index contributed by atoms with van der Waals surface area (Å²) in [6.45, 7) is 8.41. The molecule has 1 aromatic carbocycles. The molecule has 0 radical (unpaired) electrons. The zero-order valence-corrected chi connectivity index (χ0v) is 17.8. The minimum absolute atomic E-state index is 0.0514. The van der Waals surface area contributed by atoms with Crippen molar-refractivity contribution in [3.05, 3.63) is 35.7 Å². The minimum Gasteiger partial charge on any atom is -0.355 e. The SMILES string of the molecule is Cc1ccc(-n2cnnc2SCC(=O)NCCCN2CCCCCC2)cc1C. The molecule has 1 aliphatic heterocycles. The van der Waals surface area contributed by atoms with Crippen molar-refractivity contribution in [2.45, 2.75) is 51.1 Å². The van der Waals surface area contributed by atoms with Crippen LogP contribution in [0, 0.1) is 13.8 Å². The molecular weight excluding hydrogens is 370 g/mol. The molecule has 0 saturated carbocycles. The summed E-state index contributed by atoms with van der Waals surface area (Å²) in [6, 6.07) is 6.26. The smallest absolute Gasteiger partial charge is 0.230 e. The second-order valence-corrected chi connectivity index (χ2v) is 8.44. The molecule has 0 spiro atoms. The average Bonchev–Trinajstić information content (AvgIpc) is 3.00. The number of likely N-dealkylation sites (tertiary alicyclic amines) is 1.